The fourth-order valence-corrected chi connectivity index (χ4v) is 3.42. The molecule has 0 saturated heterocycles. The van der Waals surface area contributed by atoms with Gasteiger partial charge in [-0.25, -0.2) is 4.98 Å². The third-order valence-corrected chi connectivity index (χ3v) is 5.23. The van der Waals surface area contributed by atoms with Gasteiger partial charge in [-0.2, -0.15) is 0 Å². The number of nitrogens with zero attached hydrogens (tertiary/aromatic N) is 2. The molecule has 100 valence electrons. The highest BCUT2D eigenvalue weighted by Crippen LogP contribution is 2.40. The second-order valence-electron chi connectivity index (χ2n) is 5.46. The first-order valence-corrected chi connectivity index (χ1v) is 7.51. The van der Waals surface area contributed by atoms with Crippen molar-refractivity contribution >= 4 is 27.5 Å². The smallest absolute Gasteiger partial charge is 0.226 e. The largest absolute Gasteiger partial charge is 0.336 e. The SMILES string of the molecule is CC1CC1C(=O)N(C)C(C)c1nc2ccccc2s1. The lowest BCUT2D eigenvalue weighted by Gasteiger charge is -2.23. The average molecular weight is 274 g/mol. The van der Waals surface area contributed by atoms with Crippen LogP contribution in [0, 0.1) is 11.8 Å². The van der Waals surface area contributed by atoms with Gasteiger partial charge in [-0.15, -0.1) is 11.3 Å². The van der Waals surface area contributed by atoms with Gasteiger partial charge in [0.05, 0.1) is 16.3 Å². The molecule has 0 radical (unpaired) electrons. The van der Waals surface area contributed by atoms with Gasteiger partial charge in [-0.3, -0.25) is 4.79 Å². The maximum atomic E-state index is 12.2. The van der Waals surface area contributed by atoms with Crippen molar-refractivity contribution in [2.45, 2.75) is 26.3 Å². The summed E-state index contributed by atoms with van der Waals surface area (Å²) in [6, 6.07) is 8.17. The molecule has 4 heteroatoms. The standard InChI is InChI=1S/C15H18N2OS/c1-9-8-11(9)15(18)17(3)10(2)14-16-12-6-4-5-7-13(12)19-14/h4-7,9-11H,8H2,1-3H3. The number of rotatable bonds is 3. The van der Waals surface area contributed by atoms with Gasteiger partial charge in [-0.1, -0.05) is 19.1 Å². The number of thiazole rings is 1. The molecule has 3 rings (SSSR count). The van der Waals surface area contributed by atoms with Crippen LogP contribution >= 0.6 is 11.3 Å². The topological polar surface area (TPSA) is 33.2 Å². The average Bonchev–Trinajstić information content (AvgIpc) is 2.99. The molecule has 3 unspecified atom stereocenters. The zero-order valence-electron chi connectivity index (χ0n) is 11.5. The van der Waals surface area contributed by atoms with Crippen LogP contribution < -0.4 is 0 Å². The maximum absolute atomic E-state index is 12.2. The molecular weight excluding hydrogens is 256 g/mol. The van der Waals surface area contributed by atoms with E-state index in [0.29, 0.717) is 5.92 Å². The molecule has 1 aliphatic carbocycles. The Balaban J connectivity index is 1.82. The van der Waals surface area contributed by atoms with Crippen LogP contribution in [0.3, 0.4) is 0 Å². The lowest BCUT2D eigenvalue weighted by Crippen LogP contribution is -2.31. The summed E-state index contributed by atoms with van der Waals surface area (Å²) in [4.78, 5) is 18.7. The summed E-state index contributed by atoms with van der Waals surface area (Å²) in [5.74, 6) is 1.05. The van der Waals surface area contributed by atoms with Gasteiger partial charge in [0.15, 0.2) is 0 Å². The lowest BCUT2D eigenvalue weighted by molar-refractivity contribution is -0.133. The van der Waals surface area contributed by atoms with Crippen molar-refractivity contribution in [1.29, 1.82) is 0 Å². The minimum absolute atomic E-state index is 0.0534. The molecule has 1 amide bonds. The molecule has 1 fully saturated rings. The Hall–Kier alpha value is -1.42. The molecule has 3 atom stereocenters. The van der Waals surface area contributed by atoms with Crippen LogP contribution in [0.15, 0.2) is 24.3 Å². The fourth-order valence-electron chi connectivity index (χ4n) is 2.35. The van der Waals surface area contributed by atoms with Gasteiger partial charge in [-0.05, 0) is 31.4 Å². The lowest BCUT2D eigenvalue weighted by atomic mass is 10.2. The Bertz CT molecular complexity index is 588. The Morgan fingerprint density at radius 3 is 2.79 bits per heavy atom. The van der Waals surface area contributed by atoms with Gasteiger partial charge in [0.1, 0.15) is 5.01 Å². The van der Waals surface area contributed by atoms with Gasteiger partial charge in [0.25, 0.3) is 0 Å². The van der Waals surface area contributed by atoms with Gasteiger partial charge >= 0.3 is 0 Å². The van der Waals surface area contributed by atoms with E-state index in [0.717, 1.165) is 16.9 Å². The molecule has 19 heavy (non-hydrogen) atoms. The molecule has 2 aromatic rings. The van der Waals surface area contributed by atoms with Gasteiger partial charge in [0.2, 0.25) is 5.91 Å². The van der Waals surface area contributed by atoms with Crippen LogP contribution in [0.2, 0.25) is 0 Å². The van der Waals surface area contributed by atoms with Crippen molar-refractivity contribution in [2.75, 3.05) is 7.05 Å². The Morgan fingerprint density at radius 2 is 2.16 bits per heavy atom. The zero-order chi connectivity index (χ0) is 13.6. The highest BCUT2D eigenvalue weighted by Gasteiger charge is 2.41. The highest BCUT2D eigenvalue weighted by molar-refractivity contribution is 7.18. The van der Waals surface area contributed by atoms with E-state index in [1.165, 1.54) is 4.70 Å². The second-order valence-corrected chi connectivity index (χ2v) is 6.53. The van der Waals surface area contributed by atoms with Crippen molar-refractivity contribution in [2.24, 2.45) is 11.8 Å². The number of carbonyl (C=O) groups is 1. The van der Waals surface area contributed by atoms with Crippen molar-refractivity contribution in [3.8, 4) is 0 Å². The minimum atomic E-state index is 0.0534. The van der Waals surface area contributed by atoms with Crippen LogP contribution in [0.1, 0.15) is 31.3 Å². The number of fused-ring (bicyclic) bond motifs is 1. The number of hydrogen-bond acceptors (Lipinski definition) is 3. The van der Waals surface area contributed by atoms with Crippen LogP contribution in [-0.4, -0.2) is 22.8 Å². The van der Waals surface area contributed by atoms with Gasteiger partial charge in [0, 0.05) is 13.0 Å². The molecule has 1 aliphatic rings. The minimum Gasteiger partial charge on any atom is -0.336 e. The molecule has 0 aliphatic heterocycles. The summed E-state index contributed by atoms with van der Waals surface area (Å²) in [5, 5.41) is 1.02. The van der Waals surface area contributed by atoms with E-state index in [9.17, 15) is 4.79 Å². The number of aromatic nitrogens is 1. The Labute approximate surface area is 117 Å². The number of amides is 1. The number of para-hydroxylation sites is 1. The molecule has 1 aromatic carbocycles. The molecule has 1 aromatic heterocycles. The first-order valence-electron chi connectivity index (χ1n) is 6.70. The van der Waals surface area contributed by atoms with Crippen LogP contribution in [0.25, 0.3) is 10.2 Å². The van der Waals surface area contributed by atoms with E-state index in [1.807, 2.05) is 30.1 Å². The first kappa shape index (κ1) is 12.6. The summed E-state index contributed by atoms with van der Waals surface area (Å²) in [5.41, 5.74) is 1.02. The third-order valence-electron chi connectivity index (χ3n) is 4.02. The molecule has 0 bridgehead atoms. The highest BCUT2D eigenvalue weighted by atomic mass is 32.1. The Kier molecular flexibility index (Phi) is 3.05. The van der Waals surface area contributed by atoms with E-state index >= 15 is 0 Å². The van der Waals surface area contributed by atoms with Crippen molar-refractivity contribution < 1.29 is 4.79 Å². The van der Waals surface area contributed by atoms with Crippen LogP contribution in [-0.2, 0) is 4.79 Å². The normalized spacial score (nSPS) is 23.3. The quantitative estimate of drug-likeness (QED) is 0.858. The number of hydrogen-bond donors (Lipinski definition) is 0. The molecule has 1 heterocycles. The zero-order valence-corrected chi connectivity index (χ0v) is 12.3. The molecule has 0 spiro atoms. The molecule has 1 saturated carbocycles. The van der Waals surface area contributed by atoms with Crippen LogP contribution in [0.5, 0.6) is 0 Å². The maximum Gasteiger partial charge on any atom is 0.226 e. The summed E-state index contributed by atoms with van der Waals surface area (Å²) >= 11 is 1.68. The Morgan fingerprint density at radius 1 is 1.47 bits per heavy atom. The first-order chi connectivity index (χ1) is 9.08. The van der Waals surface area contributed by atoms with E-state index in [4.69, 9.17) is 0 Å². The predicted molar refractivity (Wildman–Crippen MR) is 78.1 cm³/mol. The second kappa shape index (κ2) is 4.60. The van der Waals surface area contributed by atoms with Gasteiger partial charge < -0.3 is 4.90 Å². The van der Waals surface area contributed by atoms with E-state index in [-0.39, 0.29) is 17.9 Å². The van der Waals surface area contributed by atoms with Crippen molar-refractivity contribution in [3.63, 3.8) is 0 Å². The van der Waals surface area contributed by atoms with E-state index in [2.05, 4.69) is 24.9 Å². The number of carbonyl (C=O) groups excluding carboxylic acids is 1. The molecule has 3 nitrogen and oxygen atoms in total. The van der Waals surface area contributed by atoms with E-state index < -0.39 is 0 Å². The van der Waals surface area contributed by atoms with Crippen molar-refractivity contribution in [3.05, 3.63) is 29.3 Å². The van der Waals surface area contributed by atoms with Crippen molar-refractivity contribution in [1.82, 2.24) is 9.88 Å². The predicted octanol–water partition coefficient (Wildman–Crippen LogP) is 3.47. The van der Waals surface area contributed by atoms with E-state index in [1.54, 1.807) is 11.3 Å². The van der Waals surface area contributed by atoms with Crippen LogP contribution in [0.4, 0.5) is 0 Å². The molecule has 0 N–H and O–H groups in total. The summed E-state index contributed by atoms with van der Waals surface area (Å²) in [7, 11) is 1.89. The summed E-state index contributed by atoms with van der Waals surface area (Å²) < 4.78 is 1.19. The summed E-state index contributed by atoms with van der Waals surface area (Å²) in [6.45, 7) is 4.20. The monoisotopic (exact) mass is 274 g/mol. The number of benzene rings is 1. The summed E-state index contributed by atoms with van der Waals surface area (Å²) in [6.07, 6.45) is 1.04. The molecular formula is C15H18N2OS. The fraction of sp³-hybridized carbons (Fsp3) is 0.467. The third kappa shape index (κ3) is 2.25.